The molecule has 0 aliphatic rings. The molecule has 0 fully saturated rings. The fraction of sp³-hybridized carbons (Fsp3) is 0. The maximum Gasteiger partial charge on any atom is 0.143 e. The highest BCUT2D eigenvalue weighted by Gasteiger charge is 2.24. The molecule has 0 radical (unpaired) electrons. The Labute approximate surface area is 353 Å². The molecule has 0 unspecified atom stereocenters. The lowest BCUT2D eigenvalue weighted by Crippen LogP contribution is -2.10. The van der Waals surface area contributed by atoms with Gasteiger partial charge in [0.1, 0.15) is 11.2 Å². The molecule has 0 aliphatic carbocycles. The van der Waals surface area contributed by atoms with Crippen LogP contribution in [0.3, 0.4) is 0 Å². The Morgan fingerprint density at radius 2 is 0.967 bits per heavy atom. The molecule has 12 aromatic rings. The number of furan rings is 1. The first-order valence-corrected chi connectivity index (χ1v) is 20.8. The van der Waals surface area contributed by atoms with Gasteiger partial charge in [0.2, 0.25) is 0 Å². The molecular formula is C58H38N2O. The molecule has 0 bridgehead atoms. The number of aromatic nitrogens is 1. The molecule has 12 rings (SSSR count). The highest BCUT2D eigenvalue weighted by atomic mass is 16.3. The average Bonchev–Trinajstić information content (AvgIpc) is 3.89. The summed E-state index contributed by atoms with van der Waals surface area (Å²) < 4.78 is 9.45. The minimum absolute atomic E-state index is 0.871. The molecule has 0 aliphatic heterocycles. The zero-order valence-corrected chi connectivity index (χ0v) is 33.2. The van der Waals surface area contributed by atoms with Gasteiger partial charge < -0.3 is 13.9 Å². The molecule has 0 atom stereocenters. The van der Waals surface area contributed by atoms with Crippen molar-refractivity contribution < 1.29 is 4.42 Å². The summed E-state index contributed by atoms with van der Waals surface area (Å²) in [7, 11) is 0. The smallest absolute Gasteiger partial charge is 0.143 e. The van der Waals surface area contributed by atoms with E-state index >= 15 is 0 Å². The molecule has 0 N–H and O–H groups in total. The van der Waals surface area contributed by atoms with E-state index in [9.17, 15) is 0 Å². The predicted octanol–water partition coefficient (Wildman–Crippen LogP) is 16.3. The van der Waals surface area contributed by atoms with Gasteiger partial charge in [-0.3, -0.25) is 0 Å². The van der Waals surface area contributed by atoms with E-state index in [-0.39, 0.29) is 0 Å². The second-order valence-electron chi connectivity index (χ2n) is 15.7. The SMILES string of the molecule is c1ccc(-c2ccc(N(c3cccc(-c4ccccc4)c3)c3cc(-c4cccc5c4c4ccccc4n5-c4ccccc4)c4oc5ccc6ccccc6c5c4c3)cc2)cc1. The van der Waals surface area contributed by atoms with Crippen molar-refractivity contribution in [3.63, 3.8) is 0 Å². The number of rotatable bonds is 7. The van der Waals surface area contributed by atoms with Crippen LogP contribution >= 0.6 is 0 Å². The van der Waals surface area contributed by atoms with Gasteiger partial charge in [-0.25, -0.2) is 0 Å². The second-order valence-corrected chi connectivity index (χ2v) is 15.7. The minimum Gasteiger partial charge on any atom is -0.455 e. The van der Waals surface area contributed by atoms with E-state index in [2.05, 4.69) is 240 Å². The molecule has 0 saturated heterocycles. The van der Waals surface area contributed by atoms with E-state index in [1.165, 1.54) is 38.2 Å². The van der Waals surface area contributed by atoms with Crippen LogP contribution < -0.4 is 4.90 Å². The zero-order chi connectivity index (χ0) is 40.3. The van der Waals surface area contributed by atoms with Crippen LogP contribution in [0.25, 0.3) is 93.6 Å². The number of nitrogens with zero attached hydrogens (tertiary/aromatic N) is 2. The van der Waals surface area contributed by atoms with Crippen molar-refractivity contribution in [2.24, 2.45) is 0 Å². The molecule has 3 heteroatoms. The molecular weight excluding hydrogens is 741 g/mol. The van der Waals surface area contributed by atoms with Gasteiger partial charge in [0.05, 0.1) is 11.0 Å². The first-order chi connectivity index (χ1) is 30.3. The Kier molecular flexibility index (Phi) is 8.17. The van der Waals surface area contributed by atoms with Crippen molar-refractivity contribution in [2.75, 3.05) is 4.90 Å². The van der Waals surface area contributed by atoms with Crippen molar-refractivity contribution in [3.8, 4) is 39.1 Å². The number of para-hydroxylation sites is 2. The number of hydrogen-bond donors (Lipinski definition) is 0. The fourth-order valence-electron chi connectivity index (χ4n) is 9.40. The first kappa shape index (κ1) is 34.9. The van der Waals surface area contributed by atoms with Crippen LogP contribution in [0.15, 0.2) is 235 Å². The summed E-state index contributed by atoms with van der Waals surface area (Å²) in [5.74, 6) is 0. The zero-order valence-electron chi connectivity index (χ0n) is 33.2. The van der Waals surface area contributed by atoms with Crippen molar-refractivity contribution in [1.82, 2.24) is 4.57 Å². The van der Waals surface area contributed by atoms with Crippen LogP contribution in [0.5, 0.6) is 0 Å². The molecule has 0 spiro atoms. The van der Waals surface area contributed by atoms with Gasteiger partial charge in [0, 0.05) is 49.9 Å². The van der Waals surface area contributed by atoms with Gasteiger partial charge >= 0.3 is 0 Å². The predicted molar refractivity (Wildman–Crippen MR) is 257 cm³/mol. The van der Waals surface area contributed by atoms with Gasteiger partial charge in [0.15, 0.2) is 0 Å². The van der Waals surface area contributed by atoms with E-state index in [0.29, 0.717) is 0 Å². The number of hydrogen-bond acceptors (Lipinski definition) is 2. The number of anilines is 3. The van der Waals surface area contributed by atoms with Crippen LogP contribution in [0.1, 0.15) is 0 Å². The van der Waals surface area contributed by atoms with Crippen LogP contribution in [-0.2, 0) is 0 Å². The van der Waals surface area contributed by atoms with E-state index in [1.54, 1.807) is 0 Å². The molecule has 2 heterocycles. The van der Waals surface area contributed by atoms with Gasteiger partial charge in [0.25, 0.3) is 0 Å². The van der Waals surface area contributed by atoms with Crippen LogP contribution in [0.4, 0.5) is 17.1 Å². The lowest BCUT2D eigenvalue weighted by molar-refractivity contribution is 0.670. The second kappa shape index (κ2) is 14.3. The Bertz CT molecular complexity index is 3570. The Morgan fingerprint density at radius 3 is 1.75 bits per heavy atom. The molecule has 3 nitrogen and oxygen atoms in total. The number of benzene rings is 10. The van der Waals surface area contributed by atoms with E-state index < -0.39 is 0 Å². The van der Waals surface area contributed by atoms with E-state index in [0.717, 1.165) is 72.4 Å². The summed E-state index contributed by atoms with van der Waals surface area (Å²) in [5, 5.41) is 6.93. The summed E-state index contributed by atoms with van der Waals surface area (Å²) in [5.41, 5.74) is 15.2. The Hall–Kier alpha value is -8.14. The number of fused-ring (bicyclic) bond motifs is 8. The van der Waals surface area contributed by atoms with Crippen molar-refractivity contribution in [3.05, 3.63) is 231 Å². The molecule has 0 saturated carbocycles. The minimum atomic E-state index is 0.871. The monoisotopic (exact) mass is 778 g/mol. The quantitative estimate of drug-likeness (QED) is 0.161. The maximum absolute atomic E-state index is 7.06. The third-order valence-corrected chi connectivity index (χ3v) is 12.2. The summed E-state index contributed by atoms with van der Waals surface area (Å²) in [6, 6.07) is 82.8. The summed E-state index contributed by atoms with van der Waals surface area (Å²) in [6.07, 6.45) is 0. The third kappa shape index (κ3) is 5.82. The Morgan fingerprint density at radius 1 is 0.344 bits per heavy atom. The lowest BCUT2D eigenvalue weighted by atomic mass is 9.95. The van der Waals surface area contributed by atoms with Crippen molar-refractivity contribution in [1.29, 1.82) is 0 Å². The topological polar surface area (TPSA) is 21.3 Å². The maximum atomic E-state index is 7.06. The van der Waals surface area contributed by atoms with E-state index in [1.807, 2.05) is 0 Å². The van der Waals surface area contributed by atoms with Crippen LogP contribution in [0, 0.1) is 0 Å². The van der Waals surface area contributed by atoms with E-state index in [4.69, 9.17) is 4.42 Å². The first-order valence-electron chi connectivity index (χ1n) is 20.8. The van der Waals surface area contributed by atoms with Gasteiger partial charge in [-0.15, -0.1) is 0 Å². The van der Waals surface area contributed by atoms with Crippen LogP contribution in [-0.4, -0.2) is 4.57 Å². The van der Waals surface area contributed by atoms with Crippen molar-refractivity contribution >= 4 is 71.6 Å². The van der Waals surface area contributed by atoms with Gasteiger partial charge in [-0.1, -0.05) is 164 Å². The van der Waals surface area contributed by atoms with Crippen LogP contribution in [0.2, 0.25) is 0 Å². The third-order valence-electron chi connectivity index (χ3n) is 12.2. The molecule has 61 heavy (non-hydrogen) atoms. The molecule has 2 aromatic heterocycles. The van der Waals surface area contributed by atoms with Crippen molar-refractivity contribution in [2.45, 2.75) is 0 Å². The standard InChI is InChI=1S/C58H38N2O/c1-4-16-39(17-5-1)41-30-33-45(34-31-41)59(46-24-14-21-43(36-46)40-18-6-2-7-19-40)47-37-51(58-52(38-47)57-48-25-11-10-20-42(48)32-35-55(57)61-58)49-27-15-29-54-56(49)50-26-12-13-28-53(50)60(54)44-22-8-3-9-23-44/h1-38H. The summed E-state index contributed by atoms with van der Waals surface area (Å²) in [4.78, 5) is 2.40. The Balaban J connectivity index is 1.18. The molecule has 10 aromatic carbocycles. The summed E-state index contributed by atoms with van der Waals surface area (Å²) >= 11 is 0. The molecule has 286 valence electrons. The highest BCUT2D eigenvalue weighted by molar-refractivity contribution is 6.24. The normalized spacial score (nSPS) is 11.6. The molecule has 0 amide bonds. The fourth-order valence-corrected chi connectivity index (χ4v) is 9.40. The van der Waals surface area contributed by atoms with Gasteiger partial charge in [-0.2, -0.15) is 0 Å². The summed E-state index contributed by atoms with van der Waals surface area (Å²) in [6.45, 7) is 0. The lowest BCUT2D eigenvalue weighted by Gasteiger charge is -2.27. The largest absolute Gasteiger partial charge is 0.455 e. The highest BCUT2D eigenvalue weighted by Crippen LogP contribution is 2.48. The average molecular weight is 779 g/mol. The van der Waals surface area contributed by atoms with Gasteiger partial charge in [-0.05, 0) is 105 Å².